The van der Waals surface area contributed by atoms with Crippen LogP contribution >= 0.6 is 0 Å². The molecule has 1 aliphatic carbocycles. The van der Waals surface area contributed by atoms with E-state index in [4.69, 9.17) is 15.9 Å². The second kappa shape index (κ2) is 6.93. The maximum absolute atomic E-state index is 11.5. The molecule has 1 fully saturated rings. The van der Waals surface area contributed by atoms with E-state index < -0.39 is 5.97 Å². The van der Waals surface area contributed by atoms with Crippen molar-refractivity contribution in [2.75, 3.05) is 6.61 Å². The predicted octanol–water partition coefficient (Wildman–Crippen LogP) is 1.29. The van der Waals surface area contributed by atoms with Gasteiger partial charge in [-0.2, -0.15) is 0 Å². The van der Waals surface area contributed by atoms with Gasteiger partial charge in [0.1, 0.15) is 11.4 Å². The van der Waals surface area contributed by atoms with Crippen molar-refractivity contribution in [3.05, 3.63) is 11.8 Å². The van der Waals surface area contributed by atoms with E-state index in [1.54, 1.807) is 6.92 Å². The molecule has 0 unspecified atom stereocenters. The molecular weight excluding hydrogens is 218 g/mol. The minimum absolute atomic E-state index is 0.109. The average molecular weight is 239 g/mol. The average Bonchev–Trinajstić information content (AvgIpc) is 2.30. The molecule has 0 spiro atoms. The van der Waals surface area contributed by atoms with Crippen LogP contribution < -0.4 is 11.1 Å². The Balaban J connectivity index is 2.56. The van der Waals surface area contributed by atoms with Crippen molar-refractivity contribution in [2.45, 2.75) is 45.1 Å². The van der Waals surface area contributed by atoms with Gasteiger partial charge < -0.3 is 15.8 Å². The first-order valence-electron chi connectivity index (χ1n) is 6.13. The van der Waals surface area contributed by atoms with Gasteiger partial charge >= 0.3 is 5.97 Å². The van der Waals surface area contributed by atoms with E-state index in [1.165, 1.54) is 25.5 Å². The normalized spacial score (nSPS) is 17.6. The Morgan fingerprint density at radius 3 is 2.65 bits per heavy atom. The first-order valence-corrected chi connectivity index (χ1v) is 6.13. The van der Waals surface area contributed by atoms with E-state index in [1.807, 2.05) is 0 Å². The number of rotatable bonds is 5. The molecule has 0 radical (unpaired) electrons. The minimum atomic E-state index is -0.539. The van der Waals surface area contributed by atoms with Gasteiger partial charge in [0.25, 0.3) is 0 Å². The van der Waals surface area contributed by atoms with E-state index in [0.29, 0.717) is 6.04 Å². The third kappa shape index (κ3) is 4.46. The third-order valence-corrected chi connectivity index (χ3v) is 2.85. The Bertz CT molecular complexity index is 307. The molecule has 17 heavy (non-hydrogen) atoms. The van der Waals surface area contributed by atoms with Crippen molar-refractivity contribution in [1.82, 2.24) is 5.32 Å². The highest BCUT2D eigenvalue weighted by atomic mass is 16.5. The number of ether oxygens (including phenoxy) is 1. The molecule has 0 aromatic carbocycles. The molecule has 1 saturated carbocycles. The summed E-state index contributed by atoms with van der Waals surface area (Å²) in [6.07, 6.45) is 7.42. The van der Waals surface area contributed by atoms with Crippen molar-refractivity contribution >= 4 is 11.8 Å². The van der Waals surface area contributed by atoms with Crippen molar-refractivity contribution < 1.29 is 9.53 Å². The summed E-state index contributed by atoms with van der Waals surface area (Å²) in [4.78, 5) is 11.5. The number of carbonyl (C=O) groups is 1. The second-order valence-corrected chi connectivity index (χ2v) is 4.19. The number of nitrogens with two attached hydrogens (primary N) is 1. The van der Waals surface area contributed by atoms with Crippen LogP contribution in [-0.2, 0) is 9.53 Å². The van der Waals surface area contributed by atoms with E-state index in [0.717, 1.165) is 12.8 Å². The van der Waals surface area contributed by atoms with Gasteiger partial charge in [-0.25, -0.2) is 4.79 Å². The molecular formula is C12H21N3O2. The van der Waals surface area contributed by atoms with E-state index in [9.17, 15) is 4.79 Å². The lowest BCUT2D eigenvalue weighted by atomic mass is 9.96. The van der Waals surface area contributed by atoms with Crippen LogP contribution in [0.4, 0.5) is 0 Å². The monoisotopic (exact) mass is 239 g/mol. The Morgan fingerprint density at radius 1 is 1.47 bits per heavy atom. The molecule has 4 N–H and O–H groups in total. The second-order valence-electron chi connectivity index (χ2n) is 4.19. The summed E-state index contributed by atoms with van der Waals surface area (Å²) in [5.74, 6) is -0.796. The predicted molar refractivity (Wildman–Crippen MR) is 66.6 cm³/mol. The van der Waals surface area contributed by atoms with Gasteiger partial charge in [0.15, 0.2) is 0 Å². The van der Waals surface area contributed by atoms with Crippen molar-refractivity contribution in [3.63, 3.8) is 0 Å². The molecule has 0 atom stereocenters. The van der Waals surface area contributed by atoms with Gasteiger partial charge in [0.05, 0.1) is 6.61 Å². The van der Waals surface area contributed by atoms with Gasteiger partial charge in [-0.3, -0.25) is 5.41 Å². The molecule has 0 aromatic heterocycles. The van der Waals surface area contributed by atoms with Gasteiger partial charge in [-0.15, -0.1) is 0 Å². The number of carbonyl (C=O) groups excluding carboxylic acids is 1. The standard InChI is InChI=1S/C12H21N3O2/c1-2-17-12(16)10(11(13)14)8-15-9-6-4-3-5-7-9/h8-9,15H,2-7H2,1H3,(H3,13,14)/b10-8+. The number of nitrogens with one attached hydrogen (secondary N) is 2. The summed E-state index contributed by atoms with van der Waals surface area (Å²) in [6.45, 7) is 2.01. The Hall–Kier alpha value is -1.52. The Morgan fingerprint density at radius 2 is 2.12 bits per heavy atom. The summed E-state index contributed by atoms with van der Waals surface area (Å²) in [7, 11) is 0. The summed E-state index contributed by atoms with van der Waals surface area (Å²) in [5.41, 5.74) is 5.47. The maximum Gasteiger partial charge on any atom is 0.343 e. The van der Waals surface area contributed by atoms with Crippen LogP contribution in [0.25, 0.3) is 0 Å². The smallest absolute Gasteiger partial charge is 0.343 e. The molecule has 0 amide bonds. The van der Waals surface area contributed by atoms with Gasteiger partial charge in [-0.05, 0) is 19.8 Å². The van der Waals surface area contributed by atoms with Gasteiger partial charge in [-0.1, -0.05) is 19.3 Å². The topological polar surface area (TPSA) is 88.2 Å². The lowest BCUT2D eigenvalue weighted by Crippen LogP contribution is -2.30. The molecule has 96 valence electrons. The van der Waals surface area contributed by atoms with Crippen LogP contribution in [-0.4, -0.2) is 24.5 Å². The fourth-order valence-corrected chi connectivity index (χ4v) is 1.93. The number of hydrogen-bond acceptors (Lipinski definition) is 4. The van der Waals surface area contributed by atoms with Crippen molar-refractivity contribution in [3.8, 4) is 0 Å². The van der Waals surface area contributed by atoms with Crippen LogP contribution in [0.2, 0.25) is 0 Å². The van der Waals surface area contributed by atoms with Crippen LogP contribution in [0.3, 0.4) is 0 Å². The lowest BCUT2D eigenvalue weighted by molar-refractivity contribution is -0.137. The molecule has 5 nitrogen and oxygen atoms in total. The number of amidine groups is 1. The van der Waals surface area contributed by atoms with Crippen LogP contribution in [0.15, 0.2) is 11.8 Å². The molecule has 1 aliphatic rings. The zero-order valence-electron chi connectivity index (χ0n) is 10.3. The summed E-state index contributed by atoms with van der Waals surface area (Å²) < 4.78 is 4.84. The lowest BCUT2D eigenvalue weighted by Gasteiger charge is -2.22. The van der Waals surface area contributed by atoms with Gasteiger partial charge in [0, 0.05) is 12.2 Å². The number of hydrogen-bond donors (Lipinski definition) is 3. The van der Waals surface area contributed by atoms with Gasteiger partial charge in [0.2, 0.25) is 0 Å². The zero-order valence-corrected chi connectivity index (χ0v) is 10.3. The number of esters is 1. The summed E-state index contributed by atoms with van der Waals surface area (Å²) in [6, 6.07) is 0.382. The third-order valence-electron chi connectivity index (χ3n) is 2.85. The fourth-order valence-electron chi connectivity index (χ4n) is 1.93. The van der Waals surface area contributed by atoms with E-state index >= 15 is 0 Å². The van der Waals surface area contributed by atoms with E-state index in [2.05, 4.69) is 5.32 Å². The molecule has 0 bridgehead atoms. The molecule has 1 rings (SSSR count). The quantitative estimate of drug-likeness (QED) is 0.292. The van der Waals surface area contributed by atoms with Crippen LogP contribution in [0, 0.1) is 5.41 Å². The zero-order chi connectivity index (χ0) is 12.7. The van der Waals surface area contributed by atoms with Crippen molar-refractivity contribution in [1.29, 1.82) is 5.41 Å². The first kappa shape index (κ1) is 13.5. The SMILES string of the molecule is CCOC(=O)/C(=C/NC1CCCCC1)C(=N)N. The molecule has 0 aromatic rings. The highest BCUT2D eigenvalue weighted by Gasteiger charge is 2.16. The highest BCUT2D eigenvalue weighted by molar-refractivity contribution is 6.16. The molecule has 0 aliphatic heterocycles. The summed E-state index contributed by atoms with van der Waals surface area (Å²) >= 11 is 0. The minimum Gasteiger partial charge on any atom is -0.462 e. The van der Waals surface area contributed by atoms with E-state index in [-0.39, 0.29) is 18.0 Å². The Kier molecular flexibility index (Phi) is 5.52. The first-order chi connectivity index (χ1) is 8.15. The Labute approximate surface area is 102 Å². The summed E-state index contributed by atoms with van der Waals surface area (Å²) in [5, 5.41) is 10.5. The van der Waals surface area contributed by atoms with Crippen molar-refractivity contribution in [2.24, 2.45) is 5.73 Å². The fraction of sp³-hybridized carbons (Fsp3) is 0.667. The van der Waals surface area contributed by atoms with Crippen LogP contribution in [0.1, 0.15) is 39.0 Å². The molecule has 5 heteroatoms. The molecule has 0 heterocycles. The molecule has 0 saturated heterocycles. The largest absolute Gasteiger partial charge is 0.462 e. The highest BCUT2D eigenvalue weighted by Crippen LogP contribution is 2.17. The van der Waals surface area contributed by atoms with Crippen LogP contribution in [0.5, 0.6) is 0 Å². The maximum atomic E-state index is 11.5.